The van der Waals surface area contributed by atoms with Crippen molar-refractivity contribution >= 4 is 0 Å². The van der Waals surface area contributed by atoms with Crippen LogP contribution in [0.5, 0.6) is 0 Å². The first-order valence-electron chi connectivity index (χ1n) is 7.14. The third-order valence-corrected chi connectivity index (χ3v) is 3.98. The molecular formula is C16H22N2O. The normalized spacial score (nSPS) is 24.6. The maximum Gasteiger partial charge on any atom is 0.0837 e. The highest BCUT2D eigenvalue weighted by Crippen LogP contribution is 2.23. The molecule has 1 saturated carbocycles. The van der Waals surface area contributed by atoms with E-state index in [0.717, 1.165) is 31.4 Å². The molecule has 1 aromatic carbocycles. The van der Waals surface area contributed by atoms with Crippen molar-refractivity contribution in [3.05, 3.63) is 35.9 Å². The van der Waals surface area contributed by atoms with Crippen molar-refractivity contribution in [2.45, 2.75) is 37.7 Å². The number of aliphatic hydroxyl groups excluding tert-OH is 1. The van der Waals surface area contributed by atoms with Crippen LogP contribution in [0.25, 0.3) is 0 Å². The predicted molar refractivity (Wildman–Crippen MR) is 75.6 cm³/mol. The van der Waals surface area contributed by atoms with E-state index in [2.05, 4.69) is 11.4 Å². The molecule has 2 rings (SSSR count). The van der Waals surface area contributed by atoms with E-state index in [1.165, 1.54) is 6.42 Å². The van der Waals surface area contributed by atoms with Crippen LogP contribution in [-0.4, -0.2) is 24.3 Å². The van der Waals surface area contributed by atoms with Crippen LogP contribution in [0, 0.1) is 17.2 Å². The zero-order chi connectivity index (χ0) is 13.5. The third-order valence-electron chi connectivity index (χ3n) is 3.98. The molecule has 2 N–H and O–H groups in total. The molecule has 1 fully saturated rings. The largest absolute Gasteiger partial charge is 0.393 e. The summed E-state index contributed by atoms with van der Waals surface area (Å²) in [5.74, 6) is 0.241. The van der Waals surface area contributed by atoms with Crippen LogP contribution in [0.3, 0.4) is 0 Å². The molecule has 0 heterocycles. The number of aliphatic hydroxyl groups is 1. The molecule has 1 aliphatic carbocycles. The molecular weight excluding hydrogens is 236 g/mol. The molecule has 102 valence electrons. The number of rotatable bonds is 5. The van der Waals surface area contributed by atoms with E-state index in [1.807, 2.05) is 30.3 Å². The van der Waals surface area contributed by atoms with Crippen LogP contribution in [0.2, 0.25) is 0 Å². The quantitative estimate of drug-likeness (QED) is 0.853. The van der Waals surface area contributed by atoms with Crippen molar-refractivity contribution in [1.29, 1.82) is 5.26 Å². The van der Waals surface area contributed by atoms with Gasteiger partial charge in [0.1, 0.15) is 0 Å². The van der Waals surface area contributed by atoms with Gasteiger partial charge in [-0.15, -0.1) is 0 Å². The van der Waals surface area contributed by atoms with Crippen LogP contribution in [0.15, 0.2) is 30.3 Å². The Kier molecular flexibility index (Phi) is 5.38. The standard InChI is InChI=1S/C16H22N2O/c17-10-15(13-6-2-1-3-7-13)12-18-11-14-8-4-5-9-16(14)19/h1-3,6-7,14-16,18-19H,4-5,8-9,11-12H2. The summed E-state index contributed by atoms with van der Waals surface area (Å²) >= 11 is 0. The van der Waals surface area contributed by atoms with Crippen LogP contribution < -0.4 is 5.32 Å². The molecule has 3 unspecified atom stereocenters. The number of hydrogen-bond acceptors (Lipinski definition) is 3. The second kappa shape index (κ2) is 7.28. The van der Waals surface area contributed by atoms with E-state index in [-0.39, 0.29) is 12.0 Å². The van der Waals surface area contributed by atoms with E-state index in [9.17, 15) is 10.4 Å². The van der Waals surface area contributed by atoms with Crippen LogP contribution in [0.1, 0.15) is 37.2 Å². The number of nitrogens with one attached hydrogen (secondary N) is 1. The summed E-state index contributed by atoms with van der Waals surface area (Å²) in [5.41, 5.74) is 1.06. The van der Waals surface area contributed by atoms with E-state index in [4.69, 9.17) is 0 Å². The van der Waals surface area contributed by atoms with Crippen molar-refractivity contribution in [1.82, 2.24) is 5.32 Å². The molecule has 1 aromatic rings. The molecule has 3 nitrogen and oxygen atoms in total. The van der Waals surface area contributed by atoms with Gasteiger partial charge in [0.15, 0.2) is 0 Å². The summed E-state index contributed by atoms with van der Waals surface area (Å²) < 4.78 is 0. The molecule has 0 amide bonds. The van der Waals surface area contributed by atoms with E-state index < -0.39 is 0 Å². The lowest BCUT2D eigenvalue weighted by atomic mass is 9.86. The molecule has 3 atom stereocenters. The summed E-state index contributed by atoms with van der Waals surface area (Å²) in [5, 5.41) is 22.5. The van der Waals surface area contributed by atoms with Crippen molar-refractivity contribution < 1.29 is 5.11 Å². The maximum atomic E-state index is 9.90. The van der Waals surface area contributed by atoms with Gasteiger partial charge in [-0.2, -0.15) is 5.26 Å². The molecule has 1 aliphatic rings. The molecule has 0 aromatic heterocycles. The molecule has 0 saturated heterocycles. The Morgan fingerprint density at radius 1 is 1.26 bits per heavy atom. The fourth-order valence-corrected chi connectivity index (χ4v) is 2.76. The van der Waals surface area contributed by atoms with Gasteiger partial charge in [-0.05, 0) is 24.3 Å². The number of nitriles is 1. The zero-order valence-corrected chi connectivity index (χ0v) is 11.3. The molecule has 3 heteroatoms. The first-order valence-corrected chi connectivity index (χ1v) is 7.14. The van der Waals surface area contributed by atoms with Gasteiger partial charge in [0.25, 0.3) is 0 Å². The van der Waals surface area contributed by atoms with Gasteiger partial charge in [0.2, 0.25) is 0 Å². The summed E-state index contributed by atoms with van der Waals surface area (Å²) in [6, 6.07) is 12.2. The predicted octanol–water partition coefficient (Wildman–Crippen LogP) is 2.43. The SMILES string of the molecule is N#CC(CNCC1CCCCC1O)c1ccccc1. The van der Waals surface area contributed by atoms with Gasteiger partial charge in [0.05, 0.1) is 18.1 Å². The zero-order valence-electron chi connectivity index (χ0n) is 11.3. The Labute approximate surface area is 115 Å². The van der Waals surface area contributed by atoms with Gasteiger partial charge in [-0.1, -0.05) is 43.2 Å². The highest BCUT2D eigenvalue weighted by atomic mass is 16.3. The fraction of sp³-hybridized carbons (Fsp3) is 0.562. The van der Waals surface area contributed by atoms with Crippen molar-refractivity contribution in [2.24, 2.45) is 5.92 Å². The van der Waals surface area contributed by atoms with Crippen LogP contribution >= 0.6 is 0 Å². The average Bonchev–Trinajstić information content (AvgIpc) is 2.46. The second-order valence-electron chi connectivity index (χ2n) is 5.36. The minimum Gasteiger partial charge on any atom is -0.393 e. The Morgan fingerprint density at radius 2 is 2.00 bits per heavy atom. The highest BCUT2D eigenvalue weighted by molar-refractivity contribution is 5.24. The summed E-state index contributed by atoms with van der Waals surface area (Å²) in [7, 11) is 0. The van der Waals surface area contributed by atoms with Gasteiger partial charge < -0.3 is 10.4 Å². The number of benzene rings is 1. The van der Waals surface area contributed by atoms with Gasteiger partial charge >= 0.3 is 0 Å². The van der Waals surface area contributed by atoms with E-state index in [1.54, 1.807) is 0 Å². The van der Waals surface area contributed by atoms with Gasteiger partial charge in [-0.3, -0.25) is 0 Å². The first kappa shape index (κ1) is 14.0. The lowest BCUT2D eigenvalue weighted by Gasteiger charge is -2.28. The van der Waals surface area contributed by atoms with Gasteiger partial charge in [0, 0.05) is 13.1 Å². The molecule has 0 spiro atoms. The second-order valence-corrected chi connectivity index (χ2v) is 5.36. The van der Waals surface area contributed by atoms with E-state index >= 15 is 0 Å². The molecule has 0 aliphatic heterocycles. The molecule has 0 radical (unpaired) electrons. The van der Waals surface area contributed by atoms with Gasteiger partial charge in [-0.25, -0.2) is 0 Å². The molecule has 0 bridgehead atoms. The highest BCUT2D eigenvalue weighted by Gasteiger charge is 2.22. The molecule has 19 heavy (non-hydrogen) atoms. The minimum atomic E-state index is -0.168. The lowest BCUT2D eigenvalue weighted by molar-refractivity contribution is 0.0697. The number of hydrogen-bond donors (Lipinski definition) is 2. The van der Waals surface area contributed by atoms with E-state index in [0.29, 0.717) is 12.5 Å². The Hall–Kier alpha value is -1.37. The maximum absolute atomic E-state index is 9.90. The summed E-state index contributed by atoms with van der Waals surface area (Å²) in [6.07, 6.45) is 4.20. The average molecular weight is 258 g/mol. The topological polar surface area (TPSA) is 56.0 Å². The Bertz CT molecular complexity index is 413. The lowest BCUT2D eigenvalue weighted by Crippen LogP contribution is -2.35. The number of nitrogens with zero attached hydrogens (tertiary/aromatic N) is 1. The van der Waals surface area contributed by atoms with Crippen molar-refractivity contribution in [3.63, 3.8) is 0 Å². The van der Waals surface area contributed by atoms with Crippen LogP contribution in [-0.2, 0) is 0 Å². The van der Waals surface area contributed by atoms with Crippen molar-refractivity contribution in [3.8, 4) is 6.07 Å². The third kappa shape index (κ3) is 4.05. The monoisotopic (exact) mass is 258 g/mol. The minimum absolute atomic E-state index is 0.109. The summed E-state index contributed by atoms with van der Waals surface area (Å²) in [4.78, 5) is 0. The van der Waals surface area contributed by atoms with Crippen molar-refractivity contribution in [2.75, 3.05) is 13.1 Å². The smallest absolute Gasteiger partial charge is 0.0837 e. The van der Waals surface area contributed by atoms with Crippen LogP contribution in [0.4, 0.5) is 0 Å². The Balaban J connectivity index is 1.79. The first-order chi connectivity index (χ1) is 9.31. The Morgan fingerprint density at radius 3 is 2.68 bits per heavy atom. The fourth-order valence-electron chi connectivity index (χ4n) is 2.76. The summed E-state index contributed by atoms with van der Waals surface area (Å²) in [6.45, 7) is 1.47.